The molecule has 1 rings (SSSR count). The van der Waals surface area contributed by atoms with Crippen molar-refractivity contribution < 1.29 is 4.79 Å². The molecule has 0 saturated carbocycles. The van der Waals surface area contributed by atoms with Crippen LogP contribution in [0.3, 0.4) is 0 Å². The van der Waals surface area contributed by atoms with Crippen LogP contribution in [-0.4, -0.2) is 18.5 Å². The van der Waals surface area contributed by atoms with Crippen LogP contribution in [-0.2, 0) is 0 Å². The Labute approximate surface area is 129 Å². The summed E-state index contributed by atoms with van der Waals surface area (Å²) in [5, 5.41) is 6.32. The summed E-state index contributed by atoms with van der Waals surface area (Å²) in [7, 11) is 0. The molecule has 3 nitrogen and oxygen atoms in total. The van der Waals surface area contributed by atoms with E-state index in [0.29, 0.717) is 0 Å². The molecule has 118 valence electrons. The third-order valence-corrected chi connectivity index (χ3v) is 3.40. The third kappa shape index (κ3) is 7.74. The van der Waals surface area contributed by atoms with Crippen molar-refractivity contribution in [3.05, 3.63) is 29.8 Å². The lowest BCUT2D eigenvalue weighted by Gasteiger charge is -2.10. The molecule has 0 bridgehead atoms. The van der Waals surface area contributed by atoms with E-state index in [4.69, 9.17) is 0 Å². The molecule has 1 aromatic carbocycles. The average molecular weight is 290 g/mol. The molecule has 0 aliphatic carbocycles. The van der Waals surface area contributed by atoms with Gasteiger partial charge in [-0.05, 0) is 38.5 Å². The summed E-state index contributed by atoms with van der Waals surface area (Å²) >= 11 is 0. The summed E-state index contributed by atoms with van der Waals surface area (Å²) in [5.74, 6) is -0.00628. The van der Waals surface area contributed by atoms with Crippen LogP contribution in [0.1, 0.15) is 69.7 Å². The monoisotopic (exact) mass is 290 g/mol. The largest absolute Gasteiger partial charge is 0.385 e. The zero-order valence-electron chi connectivity index (χ0n) is 13.7. The minimum absolute atomic E-state index is 0.00628. The molecular formula is C18H30N2O. The van der Waals surface area contributed by atoms with Gasteiger partial charge in [-0.2, -0.15) is 0 Å². The van der Waals surface area contributed by atoms with Gasteiger partial charge in [0.15, 0.2) is 0 Å². The molecule has 0 spiro atoms. The highest BCUT2D eigenvalue weighted by molar-refractivity contribution is 5.95. The fourth-order valence-electron chi connectivity index (χ4n) is 2.25. The molecule has 0 unspecified atom stereocenters. The van der Waals surface area contributed by atoms with E-state index in [0.717, 1.165) is 17.8 Å². The van der Waals surface area contributed by atoms with E-state index in [1.165, 1.54) is 38.5 Å². The van der Waals surface area contributed by atoms with Crippen LogP contribution in [0.15, 0.2) is 24.3 Å². The average Bonchev–Trinajstić information content (AvgIpc) is 2.46. The Morgan fingerprint density at radius 3 is 2.52 bits per heavy atom. The summed E-state index contributed by atoms with van der Waals surface area (Å²) in [5.41, 5.74) is 1.75. The standard InChI is InChI=1S/C18H30N2O/c1-4-5-6-7-8-9-13-19-17-12-10-11-16(14-17)18(21)20-15(2)3/h10-12,14-15,19H,4-9,13H2,1-3H3,(H,20,21). The number of rotatable bonds is 10. The normalized spacial score (nSPS) is 10.7. The predicted octanol–water partition coefficient (Wildman–Crippen LogP) is 4.60. The highest BCUT2D eigenvalue weighted by Gasteiger charge is 2.06. The first-order valence-corrected chi connectivity index (χ1v) is 8.28. The van der Waals surface area contributed by atoms with Crippen LogP contribution in [0.25, 0.3) is 0 Å². The molecule has 1 amide bonds. The number of carbonyl (C=O) groups is 1. The topological polar surface area (TPSA) is 41.1 Å². The van der Waals surface area contributed by atoms with Gasteiger partial charge >= 0.3 is 0 Å². The zero-order valence-corrected chi connectivity index (χ0v) is 13.7. The quantitative estimate of drug-likeness (QED) is 0.618. The molecule has 0 saturated heterocycles. The van der Waals surface area contributed by atoms with E-state index >= 15 is 0 Å². The lowest BCUT2D eigenvalue weighted by atomic mass is 10.1. The van der Waals surface area contributed by atoms with E-state index in [2.05, 4.69) is 17.6 Å². The van der Waals surface area contributed by atoms with Crippen LogP contribution in [0.2, 0.25) is 0 Å². The van der Waals surface area contributed by atoms with Gasteiger partial charge in [0, 0.05) is 23.8 Å². The number of anilines is 1. The Morgan fingerprint density at radius 1 is 1.10 bits per heavy atom. The molecule has 1 aromatic rings. The first kappa shape index (κ1) is 17.5. The van der Waals surface area contributed by atoms with Crippen LogP contribution in [0, 0.1) is 0 Å². The Bertz CT molecular complexity index is 415. The maximum atomic E-state index is 11.9. The summed E-state index contributed by atoms with van der Waals surface area (Å²) in [6.07, 6.45) is 7.78. The van der Waals surface area contributed by atoms with Crippen LogP contribution in [0.5, 0.6) is 0 Å². The van der Waals surface area contributed by atoms with Crippen molar-refractivity contribution in [3.63, 3.8) is 0 Å². The van der Waals surface area contributed by atoms with Gasteiger partial charge in [0.2, 0.25) is 0 Å². The van der Waals surface area contributed by atoms with Crippen molar-refractivity contribution in [1.82, 2.24) is 5.32 Å². The van der Waals surface area contributed by atoms with Crippen LogP contribution < -0.4 is 10.6 Å². The van der Waals surface area contributed by atoms with Crippen molar-refractivity contribution in [1.29, 1.82) is 0 Å². The number of carbonyl (C=O) groups excluding carboxylic acids is 1. The molecule has 0 radical (unpaired) electrons. The lowest BCUT2D eigenvalue weighted by molar-refractivity contribution is 0.0943. The van der Waals surface area contributed by atoms with Gasteiger partial charge in [-0.15, -0.1) is 0 Å². The Balaban J connectivity index is 2.31. The van der Waals surface area contributed by atoms with Gasteiger partial charge in [0.05, 0.1) is 0 Å². The van der Waals surface area contributed by atoms with E-state index < -0.39 is 0 Å². The maximum Gasteiger partial charge on any atom is 0.251 e. The molecule has 0 aliphatic heterocycles. The first-order chi connectivity index (χ1) is 10.1. The third-order valence-electron chi connectivity index (χ3n) is 3.40. The number of hydrogen-bond acceptors (Lipinski definition) is 2. The van der Waals surface area contributed by atoms with Crippen LogP contribution in [0.4, 0.5) is 5.69 Å². The van der Waals surface area contributed by atoms with Crippen molar-refractivity contribution >= 4 is 11.6 Å². The molecule has 3 heteroatoms. The highest BCUT2D eigenvalue weighted by Crippen LogP contribution is 2.12. The SMILES string of the molecule is CCCCCCCCNc1cccc(C(=O)NC(C)C)c1. The Kier molecular flexibility index (Phi) is 8.56. The lowest BCUT2D eigenvalue weighted by Crippen LogP contribution is -2.30. The number of amides is 1. The van der Waals surface area contributed by atoms with Gasteiger partial charge in [-0.3, -0.25) is 4.79 Å². The molecule has 0 aromatic heterocycles. The zero-order chi connectivity index (χ0) is 15.5. The number of nitrogens with one attached hydrogen (secondary N) is 2. The van der Waals surface area contributed by atoms with Crippen molar-refractivity contribution in [2.24, 2.45) is 0 Å². The Hall–Kier alpha value is -1.51. The fourth-order valence-corrected chi connectivity index (χ4v) is 2.25. The van der Waals surface area contributed by atoms with Gasteiger partial charge in [-0.25, -0.2) is 0 Å². The van der Waals surface area contributed by atoms with Crippen molar-refractivity contribution in [2.75, 3.05) is 11.9 Å². The molecule has 0 heterocycles. The summed E-state index contributed by atoms with van der Waals surface area (Å²) in [4.78, 5) is 11.9. The molecule has 0 atom stereocenters. The predicted molar refractivity (Wildman–Crippen MR) is 90.9 cm³/mol. The van der Waals surface area contributed by atoms with E-state index in [1.807, 2.05) is 38.1 Å². The van der Waals surface area contributed by atoms with E-state index in [-0.39, 0.29) is 11.9 Å². The van der Waals surface area contributed by atoms with Crippen molar-refractivity contribution in [2.45, 2.75) is 65.3 Å². The van der Waals surface area contributed by atoms with E-state index in [9.17, 15) is 4.79 Å². The number of benzene rings is 1. The van der Waals surface area contributed by atoms with Gasteiger partial charge < -0.3 is 10.6 Å². The minimum atomic E-state index is -0.00628. The van der Waals surface area contributed by atoms with Gasteiger partial charge in [0.25, 0.3) is 5.91 Å². The molecule has 0 aliphatic rings. The number of unbranched alkanes of at least 4 members (excludes halogenated alkanes) is 5. The molecular weight excluding hydrogens is 260 g/mol. The Morgan fingerprint density at radius 2 is 1.81 bits per heavy atom. The highest BCUT2D eigenvalue weighted by atomic mass is 16.1. The summed E-state index contributed by atoms with van der Waals surface area (Å²) < 4.78 is 0. The molecule has 21 heavy (non-hydrogen) atoms. The second kappa shape index (κ2) is 10.3. The fraction of sp³-hybridized carbons (Fsp3) is 0.611. The molecule has 0 fully saturated rings. The van der Waals surface area contributed by atoms with Crippen molar-refractivity contribution in [3.8, 4) is 0 Å². The second-order valence-corrected chi connectivity index (χ2v) is 5.90. The maximum absolute atomic E-state index is 11.9. The summed E-state index contributed by atoms with van der Waals surface area (Å²) in [6, 6.07) is 7.89. The minimum Gasteiger partial charge on any atom is -0.385 e. The van der Waals surface area contributed by atoms with Crippen LogP contribution >= 0.6 is 0 Å². The van der Waals surface area contributed by atoms with Gasteiger partial charge in [-0.1, -0.05) is 45.1 Å². The smallest absolute Gasteiger partial charge is 0.251 e. The molecule has 2 N–H and O–H groups in total. The second-order valence-electron chi connectivity index (χ2n) is 5.90. The summed E-state index contributed by atoms with van der Waals surface area (Å²) in [6.45, 7) is 7.16. The number of hydrogen-bond donors (Lipinski definition) is 2. The van der Waals surface area contributed by atoms with E-state index in [1.54, 1.807) is 0 Å². The first-order valence-electron chi connectivity index (χ1n) is 8.28. The van der Waals surface area contributed by atoms with Gasteiger partial charge in [0.1, 0.15) is 0 Å².